The first-order valence-corrected chi connectivity index (χ1v) is 8.11. The lowest BCUT2D eigenvalue weighted by atomic mass is 9.96. The predicted octanol–water partition coefficient (Wildman–Crippen LogP) is 3.27. The molecule has 1 aromatic heterocycles. The molecule has 5 heteroatoms. The van der Waals surface area contributed by atoms with Crippen LogP contribution in [0, 0.1) is 5.92 Å². The van der Waals surface area contributed by atoms with Gasteiger partial charge in [-0.2, -0.15) is 4.98 Å². The summed E-state index contributed by atoms with van der Waals surface area (Å²) >= 11 is 3.53. The van der Waals surface area contributed by atoms with Gasteiger partial charge in [0.05, 0.1) is 18.5 Å². The molecule has 0 saturated carbocycles. The van der Waals surface area contributed by atoms with Gasteiger partial charge in [-0.3, -0.25) is 4.98 Å². The molecule has 0 aliphatic carbocycles. The lowest BCUT2D eigenvalue weighted by molar-refractivity contribution is 0.231. The molecule has 0 radical (unpaired) electrons. The van der Waals surface area contributed by atoms with Gasteiger partial charge in [-0.1, -0.05) is 15.9 Å². The summed E-state index contributed by atoms with van der Waals surface area (Å²) in [5, 5.41) is 1.08. The lowest BCUT2D eigenvalue weighted by Crippen LogP contribution is -2.36. The first-order valence-electron chi connectivity index (χ1n) is 6.98. The molecule has 0 N–H and O–H groups in total. The van der Waals surface area contributed by atoms with Crippen molar-refractivity contribution in [2.24, 2.45) is 5.92 Å². The fourth-order valence-corrected chi connectivity index (χ4v) is 3.10. The number of hydrogen-bond acceptors (Lipinski definition) is 4. The fraction of sp³-hybridized carbons (Fsp3) is 0.714. The van der Waals surface area contributed by atoms with E-state index in [1.165, 1.54) is 19.3 Å². The summed E-state index contributed by atoms with van der Waals surface area (Å²) in [7, 11) is 0. The van der Waals surface area contributed by atoms with E-state index in [0.29, 0.717) is 5.88 Å². The molecule has 1 aliphatic rings. The van der Waals surface area contributed by atoms with Crippen LogP contribution in [-0.4, -0.2) is 34.5 Å². The van der Waals surface area contributed by atoms with Crippen molar-refractivity contribution in [3.8, 4) is 5.88 Å². The molecule has 1 saturated heterocycles. The minimum Gasteiger partial charge on any atom is -0.474 e. The molecule has 1 aliphatic heterocycles. The van der Waals surface area contributed by atoms with Crippen LogP contribution in [-0.2, 0) is 0 Å². The van der Waals surface area contributed by atoms with Crippen molar-refractivity contribution >= 4 is 21.7 Å². The van der Waals surface area contributed by atoms with E-state index in [1.54, 1.807) is 6.20 Å². The van der Waals surface area contributed by atoms with Crippen molar-refractivity contribution < 1.29 is 4.74 Å². The predicted molar refractivity (Wildman–Crippen MR) is 81.1 cm³/mol. The molecule has 0 bridgehead atoms. The van der Waals surface area contributed by atoms with E-state index in [0.717, 1.165) is 30.2 Å². The minimum absolute atomic E-state index is 0.132. The maximum absolute atomic E-state index is 5.61. The summed E-state index contributed by atoms with van der Waals surface area (Å²) in [6.45, 7) is 6.15. The molecule has 1 unspecified atom stereocenters. The van der Waals surface area contributed by atoms with Gasteiger partial charge in [0.1, 0.15) is 0 Å². The van der Waals surface area contributed by atoms with Gasteiger partial charge in [0.25, 0.3) is 0 Å². The number of rotatable bonds is 5. The Balaban J connectivity index is 2.04. The molecular formula is C14H22BrN3O. The Hall–Kier alpha value is -0.840. The highest BCUT2D eigenvalue weighted by Crippen LogP contribution is 2.24. The molecular weight excluding hydrogens is 306 g/mol. The molecule has 1 aromatic rings. The van der Waals surface area contributed by atoms with E-state index < -0.39 is 0 Å². The van der Waals surface area contributed by atoms with Crippen LogP contribution in [0.1, 0.15) is 33.1 Å². The molecule has 0 amide bonds. The van der Waals surface area contributed by atoms with Crippen LogP contribution < -0.4 is 9.64 Å². The molecule has 2 heterocycles. The second-order valence-corrected chi connectivity index (χ2v) is 6.11. The van der Waals surface area contributed by atoms with Crippen molar-refractivity contribution in [2.45, 2.75) is 39.2 Å². The number of ether oxygens (including phenoxy) is 1. The van der Waals surface area contributed by atoms with E-state index in [1.807, 2.05) is 20.0 Å². The van der Waals surface area contributed by atoms with Gasteiger partial charge in [0.15, 0.2) is 5.82 Å². The van der Waals surface area contributed by atoms with E-state index in [9.17, 15) is 0 Å². The zero-order valence-electron chi connectivity index (χ0n) is 11.7. The number of anilines is 1. The van der Waals surface area contributed by atoms with Crippen molar-refractivity contribution in [2.75, 3.05) is 23.3 Å². The zero-order chi connectivity index (χ0) is 13.7. The summed E-state index contributed by atoms with van der Waals surface area (Å²) in [5.41, 5.74) is 0. The van der Waals surface area contributed by atoms with Crippen molar-refractivity contribution in [1.82, 2.24) is 9.97 Å². The third kappa shape index (κ3) is 4.34. The van der Waals surface area contributed by atoms with Crippen LogP contribution in [0.25, 0.3) is 0 Å². The van der Waals surface area contributed by atoms with Crippen LogP contribution in [0.4, 0.5) is 5.82 Å². The topological polar surface area (TPSA) is 38.2 Å². The third-order valence-corrected chi connectivity index (χ3v) is 3.77. The Morgan fingerprint density at radius 2 is 2.32 bits per heavy atom. The van der Waals surface area contributed by atoms with Crippen molar-refractivity contribution in [3.63, 3.8) is 0 Å². The molecule has 0 aromatic carbocycles. The van der Waals surface area contributed by atoms with Crippen molar-refractivity contribution in [1.29, 1.82) is 0 Å². The van der Waals surface area contributed by atoms with Gasteiger partial charge in [-0.15, -0.1) is 0 Å². The number of hydrogen-bond donors (Lipinski definition) is 0. The van der Waals surface area contributed by atoms with Crippen LogP contribution in [0.3, 0.4) is 0 Å². The van der Waals surface area contributed by atoms with Crippen molar-refractivity contribution in [3.05, 3.63) is 12.4 Å². The highest BCUT2D eigenvalue weighted by Gasteiger charge is 2.21. The lowest BCUT2D eigenvalue weighted by Gasteiger charge is -2.33. The van der Waals surface area contributed by atoms with Crippen LogP contribution in [0.2, 0.25) is 0 Å². The Morgan fingerprint density at radius 1 is 1.47 bits per heavy atom. The quantitative estimate of drug-likeness (QED) is 0.778. The number of nitrogens with zero attached hydrogens (tertiary/aromatic N) is 3. The molecule has 106 valence electrons. The summed E-state index contributed by atoms with van der Waals surface area (Å²) in [5.74, 6) is 2.32. The fourth-order valence-electron chi connectivity index (χ4n) is 2.45. The number of aromatic nitrogens is 2. The third-order valence-electron chi connectivity index (χ3n) is 3.32. The zero-order valence-corrected chi connectivity index (χ0v) is 13.3. The molecule has 0 spiro atoms. The highest BCUT2D eigenvalue weighted by molar-refractivity contribution is 9.09. The van der Waals surface area contributed by atoms with Gasteiger partial charge in [-0.25, -0.2) is 0 Å². The highest BCUT2D eigenvalue weighted by atomic mass is 79.9. The average Bonchev–Trinajstić information content (AvgIpc) is 2.39. The summed E-state index contributed by atoms with van der Waals surface area (Å²) in [4.78, 5) is 11.1. The van der Waals surface area contributed by atoms with Gasteiger partial charge in [-0.05, 0) is 39.0 Å². The van der Waals surface area contributed by atoms with Gasteiger partial charge >= 0.3 is 0 Å². The molecule has 1 atom stereocenters. The normalized spacial score (nSPS) is 19.8. The van der Waals surface area contributed by atoms with E-state index >= 15 is 0 Å². The van der Waals surface area contributed by atoms with E-state index in [2.05, 4.69) is 30.8 Å². The molecule has 1 fully saturated rings. The summed E-state index contributed by atoms with van der Waals surface area (Å²) in [6.07, 6.45) is 7.43. The van der Waals surface area contributed by atoms with Gasteiger partial charge in [0, 0.05) is 18.4 Å². The monoisotopic (exact) mass is 327 g/mol. The Bertz CT molecular complexity index is 398. The summed E-state index contributed by atoms with van der Waals surface area (Å²) < 4.78 is 5.61. The number of piperidine rings is 1. The average molecular weight is 328 g/mol. The van der Waals surface area contributed by atoms with Crippen LogP contribution in [0.5, 0.6) is 5.88 Å². The number of halogens is 1. The molecule has 2 rings (SSSR count). The van der Waals surface area contributed by atoms with Gasteiger partial charge < -0.3 is 9.64 Å². The van der Waals surface area contributed by atoms with E-state index in [4.69, 9.17) is 4.74 Å². The standard InChI is InChI=1S/C14H22BrN3O/c1-11(2)19-14-9-16-8-13(17-14)18-7-3-4-12(10-18)5-6-15/h8-9,11-12H,3-7,10H2,1-2H3. The van der Waals surface area contributed by atoms with Gasteiger partial charge in [0.2, 0.25) is 5.88 Å². The minimum atomic E-state index is 0.132. The Kier molecular flexibility index (Phi) is 5.43. The second kappa shape index (κ2) is 7.08. The maximum atomic E-state index is 5.61. The smallest absolute Gasteiger partial charge is 0.234 e. The summed E-state index contributed by atoms with van der Waals surface area (Å²) in [6, 6.07) is 0. The SMILES string of the molecule is CC(C)Oc1cncc(N2CCCC(CCBr)C2)n1. The van der Waals surface area contributed by atoms with Crippen LogP contribution >= 0.6 is 15.9 Å². The largest absolute Gasteiger partial charge is 0.474 e. The molecule has 19 heavy (non-hydrogen) atoms. The Labute approximate surface area is 123 Å². The van der Waals surface area contributed by atoms with E-state index in [-0.39, 0.29) is 6.10 Å². The molecule has 4 nitrogen and oxygen atoms in total. The Morgan fingerprint density at radius 3 is 3.05 bits per heavy atom. The number of alkyl halides is 1. The second-order valence-electron chi connectivity index (χ2n) is 5.31. The maximum Gasteiger partial charge on any atom is 0.234 e. The first-order chi connectivity index (χ1) is 9.19. The van der Waals surface area contributed by atoms with Crippen LogP contribution in [0.15, 0.2) is 12.4 Å². The first kappa shape index (κ1) is 14.6.